The Labute approximate surface area is 215 Å². The number of sulfonamides is 1. The lowest BCUT2D eigenvalue weighted by Gasteiger charge is -2.11. The highest BCUT2D eigenvalue weighted by molar-refractivity contribution is 7.89. The van der Waals surface area contributed by atoms with Crippen LogP contribution in [0.2, 0.25) is 5.02 Å². The van der Waals surface area contributed by atoms with Crippen molar-refractivity contribution < 1.29 is 32.2 Å². The maximum Gasteiger partial charge on any atom is 0.262 e. The second-order valence-corrected chi connectivity index (χ2v) is 9.67. The number of anilines is 1. The predicted octanol–water partition coefficient (Wildman–Crippen LogP) is 3.90. The molecule has 11 heteroatoms. The summed E-state index contributed by atoms with van der Waals surface area (Å²) in [5, 5.41) is 3.03. The van der Waals surface area contributed by atoms with Gasteiger partial charge in [0.2, 0.25) is 10.0 Å². The van der Waals surface area contributed by atoms with Gasteiger partial charge in [-0.05, 0) is 66.6 Å². The number of ether oxygens (including phenoxy) is 4. The second kappa shape index (κ2) is 12.5. The van der Waals surface area contributed by atoms with Crippen LogP contribution in [0.1, 0.15) is 5.56 Å². The number of benzene rings is 3. The summed E-state index contributed by atoms with van der Waals surface area (Å²) in [7, 11) is 0.873. The van der Waals surface area contributed by atoms with E-state index in [-0.39, 0.29) is 18.0 Å². The van der Waals surface area contributed by atoms with Gasteiger partial charge in [-0.25, -0.2) is 13.1 Å². The molecule has 36 heavy (non-hydrogen) atoms. The average molecular weight is 535 g/mol. The fraction of sp³-hybridized carbons (Fsp3) is 0.240. The van der Waals surface area contributed by atoms with Crippen molar-refractivity contribution in [2.24, 2.45) is 0 Å². The number of methoxy groups -OCH3 is 3. The number of carbonyl (C=O) groups excluding carboxylic acids is 1. The van der Waals surface area contributed by atoms with Crippen LogP contribution in [0, 0.1) is 0 Å². The van der Waals surface area contributed by atoms with E-state index in [0.717, 1.165) is 5.56 Å². The van der Waals surface area contributed by atoms with Crippen LogP contribution in [0.3, 0.4) is 0 Å². The van der Waals surface area contributed by atoms with E-state index in [1.165, 1.54) is 31.4 Å². The molecule has 0 aliphatic carbocycles. The van der Waals surface area contributed by atoms with Gasteiger partial charge in [-0.1, -0.05) is 17.7 Å². The average Bonchev–Trinajstić information content (AvgIpc) is 2.87. The van der Waals surface area contributed by atoms with Crippen molar-refractivity contribution >= 4 is 33.2 Å². The minimum absolute atomic E-state index is 0.0829. The van der Waals surface area contributed by atoms with E-state index < -0.39 is 15.9 Å². The summed E-state index contributed by atoms with van der Waals surface area (Å²) >= 11 is 6.05. The first kappa shape index (κ1) is 27.1. The zero-order valence-corrected chi connectivity index (χ0v) is 21.6. The van der Waals surface area contributed by atoms with Crippen LogP contribution in [0.5, 0.6) is 23.0 Å². The molecule has 1 amide bonds. The first-order chi connectivity index (χ1) is 17.2. The summed E-state index contributed by atoms with van der Waals surface area (Å²) < 4.78 is 48.8. The molecule has 0 aromatic heterocycles. The summed E-state index contributed by atoms with van der Waals surface area (Å²) in [4.78, 5) is 12.2. The lowest BCUT2D eigenvalue weighted by Crippen LogP contribution is -2.26. The molecule has 2 N–H and O–H groups in total. The minimum Gasteiger partial charge on any atom is -0.495 e. The molecule has 0 bridgehead atoms. The van der Waals surface area contributed by atoms with E-state index in [0.29, 0.717) is 40.1 Å². The Kier molecular flexibility index (Phi) is 9.40. The van der Waals surface area contributed by atoms with Crippen molar-refractivity contribution in [1.29, 1.82) is 0 Å². The van der Waals surface area contributed by atoms with Gasteiger partial charge >= 0.3 is 0 Å². The summed E-state index contributed by atoms with van der Waals surface area (Å²) in [6, 6.07) is 16.1. The molecule has 0 saturated heterocycles. The molecule has 3 aromatic carbocycles. The first-order valence-electron chi connectivity index (χ1n) is 10.8. The molecule has 0 fully saturated rings. The number of carbonyl (C=O) groups is 1. The normalized spacial score (nSPS) is 11.0. The van der Waals surface area contributed by atoms with Crippen LogP contribution in [0.25, 0.3) is 0 Å². The Morgan fingerprint density at radius 1 is 0.861 bits per heavy atom. The van der Waals surface area contributed by atoms with Crippen molar-refractivity contribution in [1.82, 2.24) is 4.72 Å². The number of amides is 1. The fourth-order valence-corrected chi connectivity index (χ4v) is 4.54. The topological polar surface area (TPSA) is 112 Å². The number of halogens is 1. The first-order valence-corrected chi connectivity index (χ1v) is 12.7. The van der Waals surface area contributed by atoms with Crippen LogP contribution < -0.4 is 29.0 Å². The Balaban J connectivity index is 1.50. The summed E-state index contributed by atoms with van der Waals surface area (Å²) in [6.07, 6.45) is 0.468. The molecular weight excluding hydrogens is 508 g/mol. The third-order valence-electron chi connectivity index (χ3n) is 5.09. The van der Waals surface area contributed by atoms with Crippen molar-refractivity contribution in [3.05, 3.63) is 71.2 Å². The smallest absolute Gasteiger partial charge is 0.262 e. The molecular formula is C25H27ClN2O7S. The number of hydrogen-bond acceptors (Lipinski definition) is 7. The van der Waals surface area contributed by atoms with Crippen LogP contribution in [-0.4, -0.2) is 48.8 Å². The van der Waals surface area contributed by atoms with E-state index in [2.05, 4.69) is 10.0 Å². The van der Waals surface area contributed by atoms with E-state index in [4.69, 9.17) is 30.5 Å². The summed E-state index contributed by atoms with van der Waals surface area (Å²) in [5.74, 6) is 1.63. The second-order valence-electron chi connectivity index (χ2n) is 7.49. The molecule has 192 valence electrons. The zero-order chi connectivity index (χ0) is 26.1. The third kappa shape index (κ3) is 7.27. The Morgan fingerprint density at radius 2 is 1.53 bits per heavy atom. The molecule has 3 aromatic rings. The molecule has 0 aliphatic heterocycles. The Morgan fingerprint density at radius 3 is 2.17 bits per heavy atom. The summed E-state index contributed by atoms with van der Waals surface area (Å²) in [5.41, 5.74) is 1.39. The van der Waals surface area contributed by atoms with Crippen molar-refractivity contribution in [2.45, 2.75) is 11.3 Å². The lowest BCUT2D eigenvalue weighted by molar-refractivity contribution is -0.118. The third-order valence-corrected chi connectivity index (χ3v) is 6.87. The van der Waals surface area contributed by atoms with Gasteiger partial charge in [0, 0.05) is 12.2 Å². The zero-order valence-electron chi connectivity index (χ0n) is 20.0. The van der Waals surface area contributed by atoms with Crippen molar-refractivity contribution in [3.8, 4) is 23.0 Å². The van der Waals surface area contributed by atoms with Crippen molar-refractivity contribution in [2.75, 3.05) is 39.8 Å². The van der Waals surface area contributed by atoms with Gasteiger partial charge in [0.15, 0.2) is 18.1 Å². The number of hydrogen-bond donors (Lipinski definition) is 2. The van der Waals surface area contributed by atoms with Gasteiger partial charge in [-0.15, -0.1) is 0 Å². The van der Waals surface area contributed by atoms with Crippen LogP contribution in [0.15, 0.2) is 65.6 Å². The van der Waals surface area contributed by atoms with Crippen LogP contribution in [0.4, 0.5) is 5.69 Å². The Hall–Kier alpha value is -3.47. The minimum atomic E-state index is -3.72. The molecule has 0 radical (unpaired) electrons. The number of rotatable bonds is 12. The fourth-order valence-electron chi connectivity index (χ4n) is 3.25. The highest BCUT2D eigenvalue weighted by atomic mass is 35.5. The largest absolute Gasteiger partial charge is 0.495 e. The van der Waals surface area contributed by atoms with Gasteiger partial charge in [-0.3, -0.25) is 4.79 Å². The highest BCUT2D eigenvalue weighted by Crippen LogP contribution is 2.28. The highest BCUT2D eigenvalue weighted by Gasteiger charge is 2.14. The maximum absolute atomic E-state index is 12.6. The van der Waals surface area contributed by atoms with E-state index in [1.807, 2.05) is 6.07 Å². The van der Waals surface area contributed by atoms with Crippen molar-refractivity contribution in [3.63, 3.8) is 0 Å². The van der Waals surface area contributed by atoms with Gasteiger partial charge in [0.25, 0.3) is 5.91 Å². The van der Waals surface area contributed by atoms with E-state index >= 15 is 0 Å². The molecule has 0 spiro atoms. The monoisotopic (exact) mass is 534 g/mol. The summed E-state index contributed by atoms with van der Waals surface area (Å²) in [6.45, 7) is -0.0645. The van der Waals surface area contributed by atoms with Crippen LogP contribution >= 0.6 is 11.6 Å². The van der Waals surface area contributed by atoms with Gasteiger partial charge in [-0.2, -0.15) is 0 Å². The van der Waals surface area contributed by atoms with E-state index in [1.54, 1.807) is 44.6 Å². The molecule has 0 aliphatic rings. The van der Waals surface area contributed by atoms with E-state index in [9.17, 15) is 13.2 Å². The quantitative estimate of drug-likeness (QED) is 0.362. The number of nitrogens with one attached hydrogen (secondary N) is 2. The molecule has 0 atom stereocenters. The van der Waals surface area contributed by atoms with Gasteiger partial charge in [0.1, 0.15) is 11.5 Å². The molecule has 3 rings (SSSR count). The molecule has 9 nitrogen and oxygen atoms in total. The van der Waals surface area contributed by atoms with Crippen LogP contribution in [-0.2, 0) is 21.2 Å². The molecule has 0 saturated carbocycles. The standard InChI is InChI=1S/C25H27ClN2O7S/c1-32-22-11-5-18(15-21(22)26)28-25(29)16-35-19-6-8-20(9-7-19)36(30,31)27-13-12-17-4-10-23(33-2)24(14-17)34-3/h4-11,14-15,27H,12-13,16H2,1-3H3,(H,28,29). The maximum atomic E-state index is 12.6. The SMILES string of the molecule is COc1ccc(NC(=O)COc2ccc(S(=O)(=O)NCCc3ccc(OC)c(OC)c3)cc2)cc1Cl. The lowest BCUT2D eigenvalue weighted by atomic mass is 10.1. The predicted molar refractivity (Wildman–Crippen MR) is 137 cm³/mol. The van der Waals surface area contributed by atoms with Gasteiger partial charge < -0.3 is 24.3 Å². The molecule has 0 unspecified atom stereocenters. The Bertz CT molecular complexity index is 1300. The molecule has 0 heterocycles. The van der Waals surface area contributed by atoms with Gasteiger partial charge in [0.05, 0.1) is 31.2 Å².